The maximum Gasteiger partial charge on any atom is 0.237 e. The molecule has 1 aromatic heterocycles. The summed E-state index contributed by atoms with van der Waals surface area (Å²) in [6.45, 7) is 6.58. The van der Waals surface area contributed by atoms with Crippen LogP contribution in [0.3, 0.4) is 0 Å². The molecule has 3 heterocycles. The van der Waals surface area contributed by atoms with Crippen molar-refractivity contribution >= 4 is 5.91 Å². The Labute approximate surface area is 119 Å². The van der Waals surface area contributed by atoms with Gasteiger partial charge in [-0.2, -0.15) is 5.10 Å². The minimum absolute atomic E-state index is 0.172. The molecule has 2 saturated heterocycles. The summed E-state index contributed by atoms with van der Waals surface area (Å²) in [5, 5.41) is 7.14. The van der Waals surface area contributed by atoms with Crippen molar-refractivity contribution in [2.45, 2.75) is 25.8 Å². The number of hydrogen-bond acceptors (Lipinski definition) is 4. The van der Waals surface area contributed by atoms with Crippen molar-refractivity contribution in [2.75, 3.05) is 39.4 Å². The van der Waals surface area contributed by atoms with Crippen LogP contribution in [-0.2, 0) is 9.53 Å². The predicted molar refractivity (Wildman–Crippen MR) is 74.3 cm³/mol. The first-order valence-corrected chi connectivity index (χ1v) is 7.35. The molecule has 0 aliphatic carbocycles. The number of nitrogens with zero attached hydrogens (tertiary/aromatic N) is 3. The van der Waals surface area contributed by atoms with Gasteiger partial charge in [-0.1, -0.05) is 0 Å². The van der Waals surface area contributed by atoms with Crippen molar-refractivity contribution in [3.8, 4) is 0 Å². The molecule has 6 nitrogen and oxygen atoms in total. The van der Waals surface area contributed by atoms with E-state index in [4.69, 9.17) is 4.74 Å². The molecule has 0 bridgehead atoms. The number of carbonyl (C=O) groups is 1. The van der Waals surface area contributed by atoms with Crippen LogP contribution in [0.5, 0.6) is 0 Å². The Hall–Kier alpha value is -1.40. The van der Waals surface area contributed by atoms with E-state index in [0.717, 1.165) is 56.9 Å². The second-order valence-electron chi connectivity index (χ2n) is 5.60. The van der Waals surface area contributed by atoms with Crippen LogP contribution in [0.15, 0.2) is 6.20 Å². The fraction of sp³-hybridized carbons (Fsp3) is 0.714. The highest BCUT2D eigenvalue weighted by Crippen LogP contribution is 2.32. The summed E-state index contributed by atoms with van der Waals surface area (Å²) in [6, 6.07) is 0.172. The van der Waals surface area contributed by atoms with Crippen LogP contribution < -0.4 is 0 Å². The molecule has 1 amide bonds. The van der Waals surface area contributed by atoms with E-state index in [9.17, 15) is 4.79 Å². The van der Waals surface area contributed by atoms with E-state index >= 15 is 0 Å². The van der Waals surface area contributed by atoms with E-state index in [1.165, 1.54) is 0 Å². The van der Waals surface area contributed by atoms with Gasteiger partial charge in [0.05, 0.1) is 37.7 Å². The van der Waals surface area contributed by atoms with Crippen LogP contribution in [0, 0.1) is 6.92 Å². The van der Waals surface area contributed by atoms with Gasteiger partial charge in [0, 0.05) is 19.6 Å². The summed E-state index contributed by atoms with van der Waals surface area (Å²) in [5.41, 5.74) is 2.24. The quantitative estimate of drug-likeness (QED) is 0.885. The van der Waals surface area contributed by atoms with Gasteiger partial charge >= 0.3 is 0 Å². The summed E-state index contributed by atoms with van der Waals surface area (Å²) in [7, 11) is 0. The summed E-state index contributed by atoms with van der Waals surface area (Å²) in [6.07, 6.45) is 3.92. The van der Waals surface area contributed by atoms with Crippen molar-refractivity contribution in [1.82, 2.24) is 20.0 Å². The molecule has 110 valence electrons. The molecule has 1 N–H and O–H groups in total. The topological polar surface area (TPSA) is 61.5 Å². The number of nitrogens with one attached hydrogen (secondary N) is 1. The highest BCUT2D eigenvalue weighted by Gasteiger charge is 2.32. The van der Waals surface area contributed by atoms with Gasteiger partial charge in [-0.05, 0) is 25.3 Å². The van der Waals surface area contributed by atoms with E-state index in [0.29, 0.717) is 6.54 Å². The van der Waals surface area contributed by atoms with Crippen LogP contribution in [-0.4, -0.2) is 65.3 Å². The Morgan fingerprint density at radius 3 is 2.95 bits per heavy atom. The highest BCUT2D eigenvalue weighted by molar-refractivity contribution is 5.79. The van der Waals surface area contributed by atoms with Gasteiger partial charge in [0.15, 0.2) is 0 Å². The van der Waals surface area contributed by atoms with Crippen LogP contribution in [0.1, 0.15) is 30.1 Å². The van der Waals surface area contributed by atoms with Gasteiger partial charge in [0.1, 0.15) is 0 Å². The van der Waals surface area contributed by atoms with Crippen LogP contribution >= 0.6 is 0 Å². The molecule has 0 radical (unpaired) electrons. The van der Waals surface area contributed by atoms with Gasteiger partial charge in [0.25, 0.3) is 0 Å². The summed E-state index contributed by atoms with van der Waals surface area (Å²) >= 11 is 0. The molecular formula is C14H22N4O2. The maximum atomic E-state index is 12.5. The summed E-state index contributed by atoms with van der Waals surface area (Å²) in [4.78, 5) is 16.7. The molecule has 0 unspecified atom stereocenters. The smallest absolute Gasteiger partial charge is 0.237 e. The molecule has 2 aliphatic rings. The molecule has 20 heavy (non-hydrogen) atoms. The minimum Gasteiger partial charge on any atom is -0.379 e. The molecule has 0 saturated carbocycles. The lowest BCUT2D eigenvalue weighted by Gasteiger charge is -2.30. The van der Waals surface area contributed by atoms with Crippen LogP contribution in [0.25, 0.3) is 0 Å². The highest BCUT2D eigenvalue weighted by atomic mass is 16.5. The zero-order valence-electron chi connectivity index (χ0n) is 12.0. The lowest BCUT2D eigenvalue weighted by molar-refractivity contribution is -0.134. The molecule has 3 rings (SSSR count). The van der Waals surface area contributed by atoms with Gasteiger partial charge in [-0.25, -0.2) is 0 Å². The minimum atomic E-state index is 0.172. The van der Waals surface area contributed by atoms with Crippen LogP contribution in [0.4, 0.5) is 0 Å². The SMILES string of the molecule is Cc1cn[nH]c1[C@@H]1CCCN1C(=O)CN1CCOCC1. The normalized spacial score (nSPS) is 24.2. The largest absolute Gasteiger partial charge is 0.379 e. The van der Waals surface area contributed by atoms with Crippen LogP contribution in [0.2, 0.25) is 0 Å². The Balaban J connectivity index is 1.65. The zero-order valence-corrected chi connectivity index (χ0v) is 12.0. The fourth-order valence-corrected chi connectivity index (χ4v) is 3.10. The summed E-state index contributed by atoms with van der Waals surface area (Å²) < 4.78 is 5.32. The fourth-order valence-electron chi connectivity index (χ4n) is 3.10. The Morgan fingerprint density at radius 2 is 2.25 bits per heavy atom. The first-order chi connectivity index (χ1) is 9.75. The van der Waals surface area contributed by atoms with E-state index in [2.05, 4.69) is 15.1 Å². The van der Waals surface area contributed by atoms with Gasteiger partial charge < -0.3 is 9.64 Å². The standard InChI is InChI=1S/C14H22N4O2/c1-11-9-15-16-14(11)12-3-2-4-18(12)13(19)10-17-5-7-20-8-6-17/h9,12H,2-8,10H2,1H3,(H,15,16)/t12-/m0/s1. The number of morpholine rings is 1. The van der Waals surface area contributed by atoms with Crippen molar-refractivity contribution in [3.05, 3.63) is 17.5 Å². The average Bonchev–Trinajstić information content (AvgIpc) is 3.07. The first kappa shape index (κ1) is 13.6. The first-order valence-electron chi connectivity index (χ1n) is 7.35. The van der Waals surface area contributed by atoms with Gasteiger partial charge in [0.2, 0.25) is 5.91 Å². The Bertz CT molecular complexity index is 467. The number of hydrogen-bond donors (Lipinski definition) is 1. The number of amides is 1. The third-order valence-corrected chi connectivity index (χ3v) is 4.24. The Morgan fingerprint density at radius 1 is 1.45 bits per heavy atom. The molecule has 1 atom stereocenters. The van der Waals surface area contributed by atoms with E-state index in [-0.39, 0.29) is 11.9 Å². The van der Waals surface area contributed by atoms with Gasteiger partial charge in [-0.15, -0.1) is 0 Å². The molecule has 2 aliphatic heterocycles. The zero-order chi connectivity index (χ0) is 13.9. The predicted octanol–water partition coefficient (Wildman–Crippen LogP) is 0.714. The number of ether oxygens (including phenoxy) is 1. The third-order valence-electron chi connectivity index (χ3n) is 4.24. The number of rotatable bonds is 3. The van der Waals surface area contributed by atoms with E-state index in [1.807, 2.05) is 18.0 Å². The second-order valence-corrected chi connectivity index (χ2v) is 5.60. The number of aromatic nitrogens is 2. The monoisotopic (exact) mass is 278 g/mol. The molecule has 0 aromatic carbocycles. The van der Waals surface area contributed by atoms with Gasteiger partial charge in [-0.3, -0.25) is 14.8 Å². The maximum absolute atomic E-state index is 12.5. The number of likely N-dealkylation sites (tertiary alicyclic amines) is 1. The Kier molecular flexibility index (Phi) is 4.03. The molecule has 6 heteroatoms. The van der Waals surface area contributed by atoms with Crippen molar-refractivity contribution < 1.29 is 9.53 Å². The van der Waals surface area contributed by atoms with E-state index < -0.39 is 0 Å². The van der Waals surface area contributed by atoms with Crippen molar-refractivity contribution in [2.24, 2.45) is 0 Å². The lowest BCUT2D eigenvalue weighted by atomic mass is 10.1. The van der Waals surface area contributed by atoms with Crippen molar-refractivity contribution in [3.63, 3.8) is 0 Å². The number of aromatic amines is 1. The molecule has 2 fully saturated rings. The molecule has 0 spiro atoms. The lowest BCUT2D eigenvalue weighted by Crippen LogP contribution is -2.44. The molecular weight excluding hydrogens is 256 g/mol. The number of H-pyrrole nitrogens is 1. The van der Waals surface area contributed by atoms with E-state index in [1.54, 1.807) is 0 Å². The third kappa shape index (κ3) is 2.71. The van der Waals surface area contributed by atoms with Crippen molar-refractivity contribution in [1.29, 1.82) is 0 Å². The second kappa shape index (κ2) is 5.93. The summed E-state index contributed by atoms with van der Waals surface area (Å²) in [5.74, 6) is 0.225. The average molecular weight is 278 g/mol. The number of carbonyl (C=O) groups excluding carboxylic acids is 1. The number of aryl methyl sites for hydroxylation is 1. The molecule has 1 aromatic rings.